The molecule has 0 aliphatic carbocycles. The molecule has 1 aliphatic heterocycles. The van der Waals surface area contributed by atoms with Crippen molar-refractivity contribution in [1.82, 2.24) is 14.3 Å². The number of para-hydroxylation sites is 2. The number of aromatic nitrogens is 2. The van der Waals surface area contributed by atoms with Gasteiger partial charge >= 0.3 is 0 Å². The lowest BCUT2D eigenvalue weighted by atomic mass is 10.2. The molecule has 1 saturated heterocycles. The van der Waals surface area contributed by atoms with Crippen LogP contribution in [0, 0.1) is 17.0 Å². The number of carbonyl (C=O) groups excluding carboxylic acids is 1. The number of hydrogen-bond acceptors (Lipinski definition) is 5. The molecule has 0 spiro atoms. The van der Waals surface area contributed by atoms with E-state index in [1.165, 1.54) is 6.07 Å². The van der Waals surface area contributed by atoms with Crippen molar-refractivity contribution < 1.29 is 9.72 Å². The molecule has 0 N–H and O–H groups in total. The highest BCUT2D eigenvalue weighted by Gasteiger charge is 2.27. The maximum atomic E-state index is 12.8. The van der Waals surface area contributed by atoms with Crippen LogP contribution in [0.5, 0.6) is 0 Å². The Labute approximate surface area is 155 Å². The van der Waals surface area contributed by atoms with Gasteiger partial charge in [0.2, 0.25) is 0 Å². The minimum Gasteiger partial charge on any atom is -0.362 e. The SMILES string of the molecule is Cc1cccc2nc(C(=O)N3CCN(c4ccccc4[N+](=O)[O-])CC3)cn12. The Morgan fingerprint density at radius 1 is 1.07 bits per heavy atom. The second kappa shape index (κ2) is 6.71. The lowest BCUT2D eigenvalue weighted by molar-refractivity contribution is -0.384. The molecule has 138 valence electrons. The van der Waals surface area contributed by atoms with Crippen molar-refractivity contribution in [2.45, 2.75) is 6.92 Å². The quantitative estimate of drug-likeness (QED) is 0.526. The number of aryl methyl sites for hydroxylation is 1. The number of imidazole rings is 1. The van der Waals surface area contributed by atoms with Crippen LogP contribution in [0.15, 0.2) is 48.7 Å². The molecule has 8 heteroatoms. The second-order valence-electron chi connectivity index (χ2n) is 6.55. The third-order valence-corrected chi connectivity index (χ3v) is 4.90. The summed E-state index contributed by atoms with van der Waals surface area (Å²) >= 11 is 0. The largest absolute Gasteiger partial charge is 0.362 e. The monoisotopic (exact) mass is 365 g/mol. The zero-order valence-electron chi connectivity index (χ0n) is 14.9. The Morgan fingerprint density at radius 2 is 1.81 bits per heavy atom. The topological polar surface area (TPSA) is 84.0 Å². The standard InChI is InChI=1S/C19H19N5O3/c1-14-5-4-8-18-20-15(13-23(14)18)19(25)22-11-9-21(10-12-22)16-6-2-3-7-17(16)24(26)27/h2-8,13H,9-12H2,1H3. The Balaban J connectivity index is 1.50. The van der Waals surface area contributed by atoms with Crippen LogP contribution in [0.2, 0.25) is 0 Å². The summed E-state index contributed by atoms with van der Waals surface area (Å²) in [7, 11) is 0. The summed E-state index contributed by atoms with van der Waals surface area (Å²) in [5.41, 5.74) is 2.87. The number of fused-ring (bicyclic) bond motifs is 1. The van der Waals surface area contributed by atoms with Crippen LogP contribution in [0.25, 0.3) is 5.65 Å². The number of nitrogens with zero attached hydrogens (tertiary/aromatic N) is 5. The van der Waals surface area contributed by atoms with Crippen LogP contribution < -0.4 is 4.90 Å². The molecule has 4 rings (SSSR count). The van der Waals surface area contributed by atoms with Crippen molar-refractivity contribution in [3.8, 4) is 0 Å². The van der Waals surface area contributed by atoms with Gasteiger partial charge in [-0.2, -0.15) is 0 Å². The van der Waals surface area contributed by atoms with Crippen LogP contribution in [-0.2, 0) is 0 Å². The molecule has 0 saturated carbocycles. The van der Waals surface area contributed by atoms with Crippen molar-refractivity contribution in [3.63, 3.8) is 0 Å². The first-order valence-corrected chi connectivity index (χ1v) is 8.77. The number of anilines is 1. The van der Waals surface area contributed by atoms with Gasteiger partial charge < -0.3 is 14.2 Å². The minimum atomic E-state index is -0.369. The van der Waals surface area contributed by atoms with Crippen molar-refractivity contribution in [2.75, 3.05) is 31.1 Å². The maximum Gasteiger partial charge on any atom is 0.292 e. The molecule has 0 bridgehead atoms. The molecular weight excluding hydrogens is 346 g/mol. The minimum absolute atomic E-state index is 0.0908. The number of hydrogen-bond donors (Lipinski definition) is 0. The summed E-state index contributed by atoms with van der Waals surface area (Å²) in [6.07, 6.45) is 1.77. The number of benzene rings is 1. The predicted octanol–water partition coefficient (Wildman–Crippen LogP) is 2.51. The summed E-state index contributed by atoms with van der Waals surface area (Å²) in [6.45, 7) is 4.05. The molecule has 8 nitrogen and oxygen atoms in total. The van der Waals surface area contributed by atoms with Gasteiger partial charge in [-0.1, -0.05) is 18.2 Å². The lowest BCUT2D eigenvalue weighted by Gasteiger charge is -2.35. The average Bonchev–Trinajstić information content (AvgIpc) is 3.13. The summed E-state index contributed by atoms with van der Waals surface area (Å²) in [6, 6.07) is 12.5. The van der Waals surface area contributed by atoms with E-state index in [-0.39, 0.29) is 16.5 Å². The highest BCUT2D eigenvalue weighted by atomic mass is 16.6. The molecule has 1 amide bonds. The molecule has 0 atom stereocenters. The zero-order valence-corrected chi connectivity index (χ0v) is 14.9. The number of nitro benzene ring substituents is 1. The Hall–Kier alpha value is -3.42. The van der Waals surface area contributed by atoms with Crippen LogP contribution in [0.3, 0.4) is 0 Å². The highest BCUT2D eigenvalue weighted by molar-refractivity contribution is 5.93. The van der Waals surface area contributed by atoms with Gasteiger partial charge in [0.1, 0.15) is 17.0 Å². The Kier molecular flexibility index (Phi) is 4.23. The molecule has 27 heavy (non-hydrogen) atoms. The lowest BCUT2D eigenvalue weighted by Crippen LogP contribution is -2.49. The van der Waals surface area contributed by atoms with Gasteiger partial charge in [-0.3, -0.25) is 14.9 Å². The van der Waals surface area contributed by atoms with Gasteiger partial charge in [-0.05, 0) is 25.1 Å². The molecule has 3 aromatic rings. The third-order valence-electron chi connectivity index (χ3n) is 4.90. The first kappa shape index (κ1) is 17.0. The Bertz CT molecular complexity index is 1020. The Morgan fingerprint density at radius 3 is 2.52 bits per heavy atom. The van der Waals surface area contributed by atoms with Gasteiger partial charge in [0, 0.05) is 44.1 Å². The van der Waals surface area contributed by atoms with Gasteiger partial charge in [0.05, 0.1) is 4.92 Å². The number of rotatable bonds is 3. The van der Waals surface area contributed by atoms with E-state index in [1.807, 2.05) is 34.4 Å². The van der Waals surface area contributed by atoms with Crippen molar-refractivity contribution in [3.05, 3.63) is 70.2 Å². The average molecular weight is 365 g/mol. The van der Waals surface area contributed by atoms with Crippen LogP contribution in [-0.4, -0.2) is 51.3 Å². The molecule has 1 fully saturated rings. The van der Waals surface area contributed by atoms with Gasteiger partial charge in [0.25, 0.3) is 11.6 Å². The van der Waals surface area contributed by atoms with Crippen LogP contribution in [0.1, 0.15) is 16.2 Å². The van der Waals surface area contributed by atoms with E-state index in [2.05, 4.69) is 4.98 Å². The van der Waals surface area contributed by atoms with E-state index in [0.717, 1.165) is 11.3 Å². The summed E-state index contributed by atoms with van der Waals surface area (Å²) in [4.78, 5) is 31.8. The van der Waals surface area contributed by atoms with E-state index in [0.29, 0.717) is 37.6 Å². The number of pyridine rings is 1. The smallest absolute Gasteiger partial charge is 0.292 e. The normalized spacial score (nSPS) is 14.6. The van der Waals surface area contributed by atoms with Gasteiger partial charge in [0.15, 0.2) is 0 Å². The van der Waals surface area contributed by atoms with Crippen molar-refractivity contribution >= 4 is 22.9 Å². The van der Waals surface area contributed by atoms with E-state index in [9.17, 15) is 14.9 Å². The summed E-state index contributed by atoms with van der Waals surface area (Å²) in [5.74, 6) is -0.111. The third kappa shape index (κ3) is 3.10. The van der Waals surface area contributed by atoms with Gasteiger partial charge in [-0.25, -0.2) is 4.98 Å². The van der Waals surface area contributed by atoms with E-state index in [4.69, 9.17) is 0 Å². The highest BCUT2D eigenvalue weighted by Crippen LogP contribution is 2.28. The first-order valence-electron chi connectivity index (χ1n) is 8.77. The fourth-order valence-electron chi connectivity index (χ4n) is 3.45. The maximum absolute atomic E-state index is 12.8. The van der Waals surface area contributed by atoms with E-state index >= 15 is 0 Å². The molecule has 0 radical (unpaired) electrons. The fraction of sp³-hybridized carbons (Fsp3) is 0.263. The zero-order chi connectivity index (χ0) is 19.0. The molecule has 0 unspecified atom stereocenters. The van der Waals surface area contributed by atoms with E-state index in [1.54, 1.807) is 29.3 Å². The van der Waals surface area contributed by atoms with Crippen LogP contribution in [0.4, 0.5) is 11.4 Å². The number of carbonyl (C=O) groups is 1. The van der Waals surface area contributed by atoms with Gasteiger partial charge in [-0.15, -0.1) is 0 Å². The second-order valence-corrected chi connectivity index (χ2v) is 6.55. The van der Waals surface area contributed by atoms with Crippen LogP contribution >= 0.6 is 0 Å². The predicted molar refractivity (Wildman–Crippen MR) is 101 cm³/mol. The number of amides is 1. The molecule has 2 aromatic heterocycles. The molecular formula is C19H19N5O3. The number of piperazine rings is 1. The summed E-state index contributed by atoms with van der Waals surface area (Å²) in [5, 5.41) is 11.2. The molecule has 1 aliphatic rings. The first-order chi connectivity index (χ1) is 13.0. The molecule has 1 aromatic carbocycles. The summed E-state index contributed by atoms with van der Waals surface area (Å²) < 4.78 is 1.90. The van der Waals surface area contributed by atoms with E-state index < -0.39 is 0 Å². The molecule has 3 heterocycles. The number of nitro groups is 1. The fourth-order valence-corrected chi connectivity index (χ4v) is 3.45. The van der Waals surface area contributed by atoms with Crippen molar-refractivity contribution in [1.29, 1.82) is 0 Å². The van der Waals surface area contributed by atoms with Crippen molar-refractivity contribution in [2.24, 2.45) is 0 Å².